The van der Waals surface area contributed by atoms with Crippen LogP contribution in [0.15, 0.2) is 34.7 Å². The Morgan fingerprint density at radius 3 is 2.67 bits per heavy atom. The van der Waals surface area contributed by atoms with E-state index in [0.717, 1.165) is 0 Å². The maximum atomic E-state index is 5.15. The topological polar surface area (TPSA) is 43.8 Å². The van der Waals surface area contributed by atoms with E-state index in [1.807, 2.05) is 0 Å². The fourth-order valence-electron chi connectivity index (χ4n) is 0.660. The monoisotopic (exact) mass is 199 g/mol. The van der Waals surface area contributed by atoms with Crippen LogP contribution in [-0.4, -0.2) is 9.55 Å². The minimum atomic E-state index is 0.611. The molecule has 1 aromatic rings. The van der Waals surface area contributed by atoms with Crippen molar-refractivity contribution in [3.8, 4) is 0 Å². The molecule has 0 atom stereocenters. The summed E-state index contributed by atoms with van der Waals surface area (Å²) in [5.74, 6) is 0. The van der Waals surface area contributed by atoms with Crippen LogP contribution in [0.5, 0.6) is 0 Å². The zero-order chi connectivity index (χ0) is 8.97. The zero-order valence-electron chi connectivity index (χ0n) is 6.25. The molecule has 0 saturated carbocycles. The lowest BCUT2D eigenvalue weighted by molar-refractivity contribution is 0.986. The highest BCUT2D eigenvalue weighted by Crippen LogP contribution is 2.15. The second-order valence-electron chi connectivity index (χ2n) is 2.03. The van der Waals surface area contributed by atoms with Gasteiger partial charge in [0.05, 0.1) is 0 Å². The van der Waals surface area contributed by atoms with E-state index in [2.05, 4.69) is 30.2 Å². The number of nitrogens with two attached hydrogens (primary N) is 1. The van der Waals surface area contributed by atoms with Crippen LogP contribution in [0.4, 0.5) is 0 Å². The Bertz CT molecular complexity index is 314. The molecule has 12 heavy (non-hydrogen) atoms. The van der Waals surface area contributed by atoms with Crippen molar-refractivity contribution in [3.05, 3.63) is 24.7 Å². The van der Waals surface area contributed by atoms with E-state index in [1.54, 1.807) is 29.2 Å². The first-order chi connectivity index (χ1) is 5.75. The molecule has 0 aliphatic heterocycles. The Labute approximate surface area is 81.8 Å². The predicted molar refractivity (Wildman–Crippen MR) is 55.4 cm³/mol. The fraction of sp³-hybridized carbons (Fsp3) is 0. The van der Waals surface area contributed by atoms with Gasteiger partial charge in [-0.15, -0.1) is 25.3 Å². The highest BCUT2D eigenvalue weighted by molar-refractivity contribution is 7.83. The van der Waals surface area contributed by atoms with Crippen LogP contribution in [0.3, 0.4) is 0 Å². The summed E-state index contributed by atoms with van der Waals surface area (Å²) in [7, 11) is 0. The summed E-state index contributed by atoms with van der Waals surface area (Å²) in [4.78, 5) is 3.94. The molecule has 64 valence electrons. The van der Waals surface area contributed by atoms with Gasteiger partial charge in [-0.05, 0) is 18.4 Å². The summed E-state index contributed by atoms with van der Waals surface area (Å²) >= 11 is 8.26. The highest BCUT2D eigenvalue weighted by Gasteiger charge is 1.98. The van der Waals surface area contributed by atoms with Crippen LogP contribution in [0.2, 0.25) is 0 Å². The van der Waals surface area contributed by atoms with Crippen molar-refractivity contribution in [1.29, 1.82) is 0 Å². The van der Waals surface area contributed by atoms with E-state index in [0.29, 0.717) is 10.1 Å². The molecule has 0 saturated heterocycles. The van der Waals surface area contributed by atoms with Crippen LogP contribution < -0.4 is 5.73 Å². The van der Waals surface area contributed by atoms with Gasteiger partial charge in [0.2, 0.25) is 0 Å². The molecule has 0 amide bonds. The number of allylic oxidation sites excluding steroid dienone is 2. The first-order valence-corrected chi connectivity index (χ1v) is 4.15. The second kappa shape index (κ2) is 4.27. The molecule has 1 aromatic heterocycles. The molecular formula is C7H9N3S2. The summed E-state index contributed by atoms with van der Waals surface area (Å²) in [5, 5.41) is 1.32. The van der Waals surface area contributed by atoms with Gasteiger partial charge in [0.25, 0.3) is 0 Å². The van der Waals surface area contributed by atoms with Crippen LogP contribution >= 0.6 is 25.3 Å². The van der Waals surface area contributed by atoms with Crippen molar-refractivity contribution >= 4 is 31.5 Å². The maximum Gasteiger partial charge on any atom is 0.125 e. The highest BCUT2D eigenvalue weighted by atomic mass is 32.1. The van der Waals surface area contributed by atoms with E-state index in [1.165, 1.54) is 6.20 Å². The fourth-order valence-corrected chi connectivity index (χ4v) is 1.00. The Balaban J connectivity index is 2.82. The molecule has 0 aliphatic rings. The Kier molecular flexibility index (Phi) is 3.31. The average molecular weight is 199 g/mol. The van der Waals surface area contributed by atoms with Gasteiger partial charge in [-0.25, -0.2) is 4.98 Å². The van der Waals surface area contributed by atoms with E-state index in [4.69, 9.17) is 5.73 Å². The molecule has 1 heterocycles. The summed E-state index contributed by atoms with van der Waals surface area (Å²) < 4.78 is 1.74. The predicted octanol–water partition coefficient (Wildman–Crippen LogP) is 1.40. The molecule has 1 rings (SSSR count). The molecule has 0 fully saturated rings. The van der Waals surface area contributed by atoms with Gasteiger partial charge in [0, 0.05) is 6.20 Å². The average Bonchev–Trinajstić information content (AvgIpc) is 2.36. The van der Waals surface area contributed by atoms with Crippen LogP contribution in [-0.2, 0) is 0 Å². The van der Waals surface area contributed by atoms with Gasteiger partial charge in [-0.2, -0.15) is 0 Å². The lowest BCUT2D eigenvalue weighted by atomic mass is 10.6. The third-order valence-corrected chi connectivity index (χ3v) is 2.16. The molecule has 2 N–H and O–H groups in total. The number of hydrogen-bond acceptors (Lipinski definition) is 4. The van der Waals surface area contributed by atoms with Crippen molar-refractivity contribution in [3.63, 3.8) is 0 Å². The van der Waals surface area contributed by atoms with E-state index in [-0.39, 0.29) is 0 Å². The third-order valence-electron chi connectivity index (χ3n) is 1.22. The second-order valence-corrected chi connectivity index (χ2v) is 2.87. The minimum absolute atomic E-state index is 0.611. The molecule has 5 heteroatoms. The SMILES string of the molecule is N/C=C\C=C/n1cnc(S)c1S. The van der Waals surface area contributed by atoms with Crippen LogP contribution in [0.1, 0.15) is 0 Å². The summed E-state index contributed by atoms with van der Waals surface area (Å²) in [6.45, 7) is 0. The lowest BCUT2D eigenvalue weighted by Gasteiger charge is -1.93. The molecule has 0 bridgehead atoms. The summed E-state index contributed by atoms with van der Waals surface area (Å²) in [5.41, 5.74) is 5.15. The Morgan fingerprint density at radius 1 is 1.42 bits per heavy atom. The van der Waals surface area contributed by atoms with Gasteiger partial charge in [0.15, 0.2) is 0 Å². The molecule has 0 unspecified atom stereocenters. The summed E-state index contributed by atoms with van der Waals surface area (Å²) in [6, 6.07) is 0. The van der Waals surface area contributed by atoms with Crippen LogP contribution in [0, 0.1) is 0 Å². The Hall–Kier alpha value is -0.810. The number of rotatable bonds is 2. The number of imidazole rings is 1. The van der Waals surface area contributed by atoms with Crippen molar-refractivity contribution in [2.24, 2.45) is 5.73 Å². The molecule has 0 radical (unpaired) electrons. The van der Waals surface area contributed by atoms with E-state index in [9.17, 15) is 0 Å². The first-order valence-electron chi connectivity index (χ1n) is 3.25. The van der Waals surface area contributed by atoms with Crippen molar-refractivity contribution in [2.75, 3.05) is 0 Å². The van der Waals surface area contributed by atoms with Gasteiger partial charge in [-0.1, -0.05) is 0 Å². The zero-order valence-corrected chi connectivity index (χ0v) is 8.04. The van der Waals surface area contributed by atoms with Gasteiger partial charge in [0.1, 0.15) is 16.4 Å². The van der Waals surface area contributed by atoms with E-state index >= 15 is 0 Å². The van der Waals surface area contributed by atoms with Gasteiger partial charge >= 0.3 is 0 Å². The molecule has 0 aromatic carbocycles. The smallest absolute Gasteiger partial charge is 0.125 e. The van der Waals surface area contributed by atoms with Crippen molar-refractivity contribution < 1.29 is 0 Å². The van der Waals surface area contributed by atoms with Gasteiger partial charge < -0.3 is 10.3 Å². The van der Waals surface area contributed by atoms with Crippen molar-refractivity contribution in [1.82, 2.24) is 9.55 Å². The molecular weight excluding hydrogens is 190 g/mol. The lowest BCUT2D eigenvalue weighted by Crippen LogP contribution is -1.82. The van der Waals surface area contributed by atoms with E-state index < -0.39 is 0 Å². The minimum Gasteiger partial charge on any atom is -0.405 e. The molecule has 3 nitrogen and oxygen atoms in total. The maximum absolute atomic E-state index is 5.15. The summed E-state index contributed by atoms with van der Waals surface area (Å²) in [6.07, 6.45) is 8.37. The number of aromatic nitrogens is 2. The van der Waals surface area contributed by atoms with Crippen molar-refractivity contribution in [2.45, 2.75) is 10.1 Å². The standard InChI is InChI=1S/C7H9N3S2/c8-3-1-2-4-10-5-9-6(11)7(10)12/h1-5,11-12H,8H2/b3-1-,4-2-. The van der Waals surface area contributed by atoms with Crippen LogP contribution in [0.25, 0.3) is 6.20 Å². The quantitative estimate of drug-likeness (QED) is 0.498. The van der Waals surface area contributed by atoms with Gasteiger partial charge in [-0.3, -0.25) is 0 Å². The largest absolute Gasteiger partial charge is 0.405 e. The first kappa shape index (κ1) is 9.28. The molecule has 0 spiro atoms. The number of nitrogens with zero attached hydrogens (tertiary/aromatic N) is 2. The number of thiol groups is 2. The Morgan fingerprint density at radius 2 is 2.17 bits per heavy atom. The normalized spacial score (nSPS) is 11.8. The third kappa shape index (κ3) is 2.09. The number of hydrogen-bond donors (Lipinski definition) is 3. The molecule has 0 aliphatic carbocycles.